The predicted octanol–water partition coefficient (Wildman–Crippen LogP) is 1.52. The summed E-state index contributed by atoms with van der Waals surface area (Å²) in [4.78, 5) is 22.8. The van der Waals surface area contributed by atoms with Crippen molar-refractivity contribution in [3.05, 3.63) is 29.3 Å². The van der Waals surface area contributed by atoms with E-state index in [1.54, 1.807) is 7.11 Å². The predicted molar refractivity (Wildman–Crippen MR) is 62.9 cm³/mol. The van der Waals surface area contributed by atoms with E-state index in [0.29, 0.717) is 12.2 Å². The summed E-state index contributed by atoms with van der Waals surface area (Å²) in [5.74, 6) is 0.472. The Balaban J connectivity index is 2.32. The zero-order valence-electron chi connectivity index (χ0n) is 9.95. The summed E-state index contributed by atoms with van der Waals surface area (Å²) in [6.45, 7) is 1.97. The fourth-order valence-electron chi connectivity index (χ4n) is 2.07. The first-order valence-corrected chi connectivity index (χ1v) is 5.55. The lowest BCUT2D eigenvalue weighted by molar-refractivity contribution is -0.132. The van der Waals surface area contributed by atoms with Crippen LogP contribution in [-0.4, -0.2) is 18.8 Å². The number of ether oxygens (including phenoxy) is 1. The second-order valence-electron chi connectivity index (χ2n) is 4.29. The van der Waals surface area contributed by atoms with Crippen LogP contribution in [-0.2, 0) is 9.59 Å². The Kier molecular flexibility index (Phi) is 3.13. The number of ketones is 1. The fraction of sp³-hybridized carbons (Fsp3) is 0.385. The minimum absolute atomic E-state index is 0.00925. The summed E-state index contributed by atoms with van der Waals surface area (Å²) in [6.07, 6.45) is 0.329. The van der Waals surface area contributed by atoms with Crippen molar-refractivity contribution in [3.8, 4) is 5.75 Å². The van der Waals surface area contributed by atoms with E-state index < -0.39 is 0 Å². The highest BCUT2D eigenvalue weighted by Crippen LogP contribution is 2.30. The molecule has 1 heterocycles. The fourth-order valence-corrected chi connectivity index (χ4v) is 2.07. The van der Waals surface area contributed by atoms with Gasteiger partial charge in [0.25, 0.3) is 0 Å². The molecule has 90 valence electrons. The van der Waals surface area contributed by atoms with Crippen molar-refractivity contribution in [2.45, 2.75) is 25.8 Å². The minimum Gasteiger partial charge on any atom is -0.496 e. The highest BCUT2D eigenvalue weighted by molar-refractivity contribution is 6.00. The van der Waals surface area contributed by atoms with Gasteiger partial charge in [-0.1, -0.05) is 12.1 Å². The molecule has 1 saturated heterocycles. The highest BCUT2D eigenvalue weighted by atomic mass is 16.5. The molecule has 0 aromatic heterocycles. The van der Waals surface area contributed by atoms with E-state index >= 15 is 0 Å². The van der Waals surface area contributed by atoms with Crippen LogP contribution >= 0.6 is 0 Å². The van der Waals surface area contributed by atoms with Gasteiger partial charge in [-0.3, -0.25) is 9.59 Å². The van der Waals surface area contributed by atoms with Gasteiger partial charge in [0, 0.05) is 12.0 Å². The normalized spacial score (nSPS) is 20.0. The smallest absolute Gasteiger partial charge is 0.227 e. The molecule has 17 heavy (non-hydrogen) atoms. The second-order valence-corrected chi connectivity index (χ2v) is 4.29. The second kappa shape index (κ2) is 4.57. The van der Waals surface area contributed by atoms with Crippen LogP contribution in [0.4, 0.5) is 0 Å². The number of benzene rings is 1. The maximum absolute atomic E-state index is 11.4. The van der Waals surface area contributed by atoms with Gasteiger partial charge in [0.15, 0.2) is 0 Å². The van der Waals surface area contributed by atoms with Crippen molar-refractivity contribution in [2.24, 2.45) is 0 Å². The average molecular weight is 233 g/mol. The Hall–Kier alpha value is -1.84. The van der Waals surface area contributed by atoms with Crippen LogP contribution in [0.5, 0.6) is 5.75 Å². The molecule has 0 radical (unpaired) electrons. The van der Waals surface area contributed by atoms with Crippen molar-refractivity contribution in [3.63, 3.8) is 0 Å². The molecular weight excluding hydrogens is 218 g/mol. The van der Waals surface area contributed by atoms with Crippen molar-refractivity contribution in [1.82, 2.24) is 5.32 Å². The zero-order chi connectivity index (χ0) is 12.4. The zero-order valence-corrected chi connectivity index (χ0v) is 9.95. The number of carbonyl (C=O) groups is 2. The molecule has 2 rings (SSSR count). The number of amides is 1. The van der Waals surface area contributed by atoms with Crippen LogP contribution in [0.15, 0.2) is 18.2 Å². The number of hydrogen-bond acceptors (Lipinski definition) is 3. The number of nitrogens with one attached hydrogen (secondary N) is 1. The summed E-state index contributed by atoms with van der Waals surface area (Å²) in [7, 11) is 1.59. The third-order valence-electron chi connectivity index (χ3n) is 2.89. The molecule has 1 aromatic rings. The van der Waals surface area contributed by atoms with Crippen LogP contribution < -0.4 is 10.1 Å². The van der Waals surface area contributed by atoms with Gasteiger partial charge < -0.3 is 10.1 Å². The number of rotatable bonds is 2. The number of Topliss-reactive ketones (excluding diaryl/α,β-unsaturated/α-hetero) is 1. The van der Waals surface area contributed by atoms with Gasteiger partial charge in [0.05, 0.1) is 19.6 Å². The molecule has 0 spiro atoms. The Labute approximate surface area is 100.0 Å². The maximum atomic E-state index is 11.4. The Morgan fingerprint density at radius 2 is 2.12 bits per heavy atom. The Morgan fingerprint density at radius 3 is 2.76 bits per heavy atom. The largest absolute Gasteiger partial charge is 0.496 e. The van der Waals surface area contributed by atoms with Gasteiger partial charge >= 0.3 is 0 Å². The van der Waals surface area contributed by atoms with Crippen molar-refractivity contribution < 1.29 is 14.3 Å². The molecule has 1 aromatic carbocycles. The molecular formula is C13H15NO3. The molecule has 1 aliphatic rings. The molecule has 4 heteroatoms. The van der Waals surface area contributed by atoms with E-state index in [1.165, 1.54) is 0 Å². The highest BCUT2D eigenvalue weighted by Gasteiger charge is 2.27. The third-order valence-corrected chi connectivity index (χ3v) is 2.89. The molecule has 1 atom stereocenters. The Morgan fingerprint density at radius 1 is 1.35 bits per heavy atom. The summed E-state index contributed by atoms with van der Waals surface area (Å²) < 4.78 is 5.29. The lowest BCUT2D eigenvalue weighted by Crippen LogP contribution is -2.37. The number of piperidine rings is 1. The summed E-state index contributed by atoms with van der Waals surface area (Å²) in [5.41, 5.74) is 1.94. The van der Waals surface area contributed by atoms with E-state index in [2.05, 4.69) is 5.32 Å². The average Bonchev–Trinajstić information content (AvgIpc) is 2.27. The van der Waals surface area contributed by atoms with Gasteiger partial charge in [-0.05, 0) is 18.6 Å². The summed E-state index contributed by atoms with van der Waals surface area (Å²) in [5, 5.41) is 2.82. The van der Waals surface area contributed by atoms with E-state index in [0.717, 1.165) is 11.1 Å². The monoisotopic (exact) mass is 233 g/mol. The van der Waals surface area contributed by atoms with Crippen LogP contribution in [0.25, 0.3) is 0 Å². The molecule has 1 N–H and O–H groups in total. The summed E-state index contributed by atoms with van der Waals surface area (Å²) in [6, 6.07) is 5.49. The lowest BCUT2D eigenvalue weighted by atomic mass is 9.95. The van der Waals surface area contributed by atoms with Crippen LogP contribution in [0, 0.1) is 6.92 Å². The van der Waals surface area contributed by atoms with Crippen LogP contribution in [0.1, 0.15) is 30.0 Å². The SMILES string of the molecule is COc1cc(C)ccc1C1CC(=O)CC(=O)N1. The molecule has 1 aliphatic heterocycles. The first kappa shape index (κ1) is 11.6. The first-order valence-electron chi connectivity index (χ1n) is 5.55. The third kappa shape index (κ3) is 2.46. The van der Waals surface area contributed by atoms with E-state index in [4.69, 9.17) is 4.74 Å². The van der Waals surface area contributed by atoms with Crippen molar-refractivity contribution >= 4 is 11.7 Å². The number of methoxy groups -OCH3 is 1. The van der Waals surface area contributed by atoms with Gasteiger partial charge in [-0.2, -0.15) is 0 Å². The van der Waals surface area contributed by atoms with E-state index in [-0.39, 0.29) is 24.2 Å². The molecule has 1 amide bonds. The first-order chi connectivity index (χ1) is 8.10. The standard InChI is InChI=1S/C13H15NO3/c1-8-3-4-10(12(5-8)17-2)11-6-9(15)7-13(16)14-11/h3-5,11H,6-7H2,1-2H3,(H,14,16). The molecule has 1 fully saturated rings. The van der Waals surface area contributed by atoms with E-state index in [9.17, 15) is 9.59 Å². The topological polar surface area (TPSA) is 55.4 Å². The minimum atomic E-state index is -0.265. The van der Waals surface area contributed by atoms with Crippen molar-refractivity contribution in [1.29, 1.82) is 0 Å². The van der Waals surface area contributed by atoms with Crippen LogP contribution in [0.3, 0.4) is 0 Å². The van der Waals surface area contributed by atoms with E-state index in [1.807, 2.05) is 25.1 Å². The number of carbonyl (C=O) groups excluding carboxylic acids is 2. The van der Waals surface area contributed by atoms with Crippen LogP contribution in [0.2, 0.25) is 0 Å². The van der Waals surface area contributed by atoms with Gasteiger partial charge in [-0.15, -0.1) is 0 Å². The molecule has 0 saturated carbocycles. The quantitative estimate of drug-likeness (QED) is 0.788. The van der Waals surface area contributed by atoms with Crippen molar-refractivity contribution in [2.75, 3.05) is 7.11 Å². The maximum Gasteiger partial charge on any atom is 0.227 e. The molecule has 0 bridgehead atoms. The molecule has 1 unspecified atom stereocenters. The molecule has 4 nitrogen and oxygen atoms in total. The number of aryl methyl sites for hydroxylation is 1. The lowest BCUT2D eigenvalue weighted by Gasteiger charge is -2.24. The number of hydrogen-bond donors (Lipinski definition) is 1. The van der Waals surface area contributed by atoms with Gasteiger partial charge in [0.1, 0.15) is 11.5 Å². The van der Waals surface area contributed by atoms with Gasteiger partial charge in [-0.25, -0.2) is 0 Å². The summed E-state index contributed by atoms with van der Waals surface area (Å²) >= 11 is 0. The molecule has 0 aliphatic carbocycles. The van der Waals surface area contributed by atoms with Gasteiger partial charge in [0.2, 0.25) is 5.91 Å². The Bertz CT molecular complexity index is 452.